The third-order valence-corrected chi connectivity index (χ3v) is 6.76. The SMILES string of the molecule is CN1C2CCC1CC(NC(=O)c1n[nH]c3ccc(-c4ccc(C(F)(F)F)cc4)cc13)C2. The van der Waals surface area contributed by atoms with E-state index in [-0.39, 0.29) is 11.9 Å². The summed E-state index contributed by atoms with van der Waals surface area (Å²) in [5, 5.41) is 10.9. The second-order valence-corrected chi connectivity index (χ2v) is 8.60. The van der Waals surface area contributed by atoms with Crippen LogP contribution in [0.25, 0.3) is 22.0 Å². The van der Waals surface area contributed by atoms with Gasteiger partial charge in [-0.2, -0.15) is 18.3 Å². The first kappa shape index (κ1) is 20.1. The average Bonchev–Trinajstić information content (AvgIpc) is 3.24. The molecule has 2 aromatic carbocycles. The molecule has 3 aromatic rings. The number of hydrogen-bond donors (Lipinski definition) is 2. The second-order valence-electron chi connectivity index (χ2n) is 8.60. The van der Waals surface area contributed by atoms with E-state index >= 15 is 0 Å². The highest BCUT2D eigenvalue weighted by molar-refractivity contribution is 6.05. The number of aromatic nitrogens is 2. The summed E-state index contributed by atoms with van der Waals surface area (Å²) < 4.78 is 38.5. The normalized spacial score (nSPS) is 23.9. The van der Waals surface area contributed by atoms with Crippen LogP contribution in [0.4, 0.5) is 13.2 Å². The van der Waals surface area contributed by atoms with E-state index in [4.69, 9.17) is 0 Å². The van der Waals surface area contributed by atoms with Crippen LogP contribution in [0.1, 0.15) is 41.7 Å². The lowest BCUT2D eigenvalue weighted by molar-refractivity contribution is -0.137. The Morgan fingerprint density at radius 2 is 1.71 bits per heavy atom. The van der Waals surface area contributed by atoms with Crippen molar-refractivity contribution < 1.29 is 18.0 Å². The Morgan fingerprint density at radius 1 is 1.06 bits per heavy atom. The first-order valence-corrected chi connectivity index (χ1v) is 10.5. The van der Waals surface area contributed by atoms with Crippen molar-refractivity contribution in [1.29, 1.82) is 0 Å². The summed E-state index contributed by atoms with van der Waals surface area (Å²) in [5.41, 5.74) is 1.72. The number of halogens is 3. The molecule has 0 spiro atoms. The second kappa shape index (κ2) is 7.37. The largest absolute Gasteiger partial charge is 0.416 e. The van der Waals surface area contributed by atoms with Gasteiger partial charge in [0.05, 0.1) is 11.1 Å². The number of alkyl halides is 3. The third kappa shape index (κ3) is 3.69. The molecule has 0 aliphatic carbocycles. The zero-order valence-corrected chi connectivity index (χ0v) is 17.0. The van der Waals surface area contributed by atoms with Gasteiger partial charge in [0, 0.05) is 23.5 Å². The average molecular weight is 428 g/mol. The molecule has 8 heteroatoms. The number of benzene rings is 2. The number of carbonyl (C=O) groups is 1. The van der Waals surface area contributed by atoms with Gasteiger partial charge >= 0.3 is 6.18 Å². The maximum atomic E-state index is 13.0. The molecule has 2 unspecified atom stereocenters. The summed E-state index contributed by atoms with van der Waals surface area (Å²) in [7, 11) is 2.16. The maximum absolute atomic E-state index is 13.0. The number of H-pyrrole nitrogens is 1. The topological polar surface area (TPSA) is 61.0 Å². The fraction of sp³-hybridized carbons (Fsp3) is 0.391. The minimum Gasteiger partial charge on any atom is -0.348 e. The standard InChI is InChI=1S/C23H23F3N4O/c1-30-17-7-8-18(30)12-16(11-17)27-22(31)21-19-10-14(4-9-20(19)28-29-21)13-2-5-15(6-3-13)23(24,25)26/h2-6,9-10,16-18H,7-8,11-12H2,1H3,(H,27,31)(H,28,29). The van der Waals surface area contributed by atoms with Crippen molar-refractivity contribution in [3.05, 3.63) is 53.7 Å². The smallest absolute Gasteiger partial charge is 0.348 e. The van der Waals surface area contributed by atoms with Crippen LogP contribution in [0.5, 0.6) is 0 Å². The minimum atomic E-state index is -4.37. The quantitative estimate of drug-likeness (QED) is 0.641. The Bertz CT molecular complexity index is 1110. The molecule has 0 radical (unpaired) electrons. The van der Waals surface area contributed by atoms with Crippen molar-refractivity contribution in [2.45, 2.75) is 50.0 Å². The summed E-state index contributed by atoms with van der Waals surface area (Å²) in [6, 6.07) is 11.6. The van der Waals surface area contributed by atoms with Gasteiger partial charge in [0.15, 0.2) is 5.69 Å². The number of hydrogen-bond acceptors (Lipinski definition) is 3. The van der Waals surface area contributed by atoms with E-state index in [1.165, 1.54) is 25.0 Å². The molecule has 2 atom stereocenters. The molecule has 162 valence electrons. The highest BCUT2D eigenvalue weighted by atomic mass is 19.4. The molecule has 3 heterocycles. The molecule has 5 nitrogen and oxygen atoms in total. The molecular weight excluding hydrogens is 405 g/mol. The number of carbonyl (C=O) groups excluding carboxylic acids is 1. The van der Waals surface area contributed by atoms with Crippen LogP contribution in [-0.4, -0.2) is 46.2 Å². The molecule has 1 aromatic heterocycles. The fourth-order valence-electron chi connectivity index (χ4n) is 5.00. The maximum Gasteiger partial charge on any atom is 0.416 e. The predicted molar refractivity (Wildman–Crippen MR) is 112 cm³/mol. The van der Waals surface area contributed by atoms with E-state index in [0.717, 1.165) is 30.5 Å². The number of nitrogens with one attached hydrogen (secondary N) is 2. The molecule has 2 aliphatic rings. The van der Waals surface area contributed by atoms with Crippen LogP contribution in [0.2, 0.25) is 0 Å². The van der Waals surface area contributed by atoms with E-state index in [1.54, 1.807) is 18.2 Å². The van der Waals surface area contributed by atoms with Crippen molar-refractivity contribution in [3.8, 4) is 11.1 Å². The van der Waals surface area contributed by atoms with Crippen molar-refractivity contribution >= 4 is 16.8 Å². The molecule has 2 aliphatic heterocycles. The van der Waals surface area contributed by atoms with Gasteiger partial charge < -0.3 is 10.2 Å². The number of nitrogens with zero attached hydrogens (tertiary/aromatic N) is 2. The monoisotopic (exact) mass is 428 g/mol. The van der Waals surface area contributed by atoms with Crippen LogP contribution in [0, 0.1) is 0 Å². The molecule has 1 amide bonds. The Labute approximate surface area is 177 Å². The van der Waals surface area contributed by atoms with Gasteiger partial charge in [0.25, 0.3) is 5.91 Å². The van der Waals surface area contributed by atoms with Crippen molar-refractivity contribution in [2.75, 3.05) is 7.05 Å². The van der Waals surface area contributed by atoms with Crippen LogP contribution < -0.4 is 5.32 Å². The van der Waals surface area contributed by atoms with Gasteiger partial charge in [-0.25, -0.2) is 0 Å². The number of rotatable bonds is 3. The van der Waals surface area contributed by atoms with Crippen molar-refractivity contribution in [2.24, 2.45) is 0 Å². The summed E-state index contributed by atoms with van der Waals surface area (Å²) in [5.74, 6) is -0.218. The molecule has 0 saturated carbocycles. The highest BCUT2D eigenvalue weighted by Gasteiger charge is 2.39. The minimum absolute atomic E-state index is 0.131. The highest BCUT2D eigenvalue weighted by Crippen LogP contribution is 2.35. The van der Waals surface area contributed by atoms with Crippen LogP contribution in [0.15, 0.2) is 42.5 Å². The third-order valence-electron chi connectivity index (χ3n) is 6.76. The lowest BCUT2D eigenvalue weighted by atomic mass is 9.97. The molecule has 2 fully saturated rings. The lowest BCUT2D eigenvalue weighted by Crippen LogP contribution is -2.48. The van der Waals surface area contributed by atoms with Crippen LogP contribution >= 0.6 is 0 Å². The fourth-order valence-corrected chi connectivity index (χ4v) is 5.00. The van der Waals surface area contributed by atoms with Crippen LogP contribution in [-0.2, 0) is 6.18 Å². The zero-order chi connectivity index (χ0) is 21.8. The molecule has 2 bridgehead atoms. The Hall–Kier alpha value is -2.87. The Kier molecular flexibility index (Phi) is 4.77. The van der Waals surface area contributed by atoms with E-state index in [1.807, 2.05) is 0 Å². The first-order valence-electron chi connectivity index (χ1n) is 10.5. The number of piperidine rings is 1. The van der Waals surface area contributed by atoms with Gasteiger partial charge in [0.1, 0.15) is 0 Å². The van der Waals surface area contributed by atoms with Gasteiger partial charge in [-0.3, -0.25) is 9.89 Å². The summed E-state index contributed by atoms with van der Waals surface area (Å²) >= 11 is 0. The van der Waals surface area contributed by atoms with E-state index in [9.17, 15) is 18.0 Å². The molecule has 31 heavy (non-hydrogen) atoms. The number of amides is 1. The molecular formula is C23H23F3N4O. The van der Waals surface area contributed by atoms with Gasteiger partial charge in [0.2, 0.25) is 0 Å². The lowest BCUT2D eigenvalue weighted by Gasteiger charge is -2.36. The summed E-state index contributed by atoms with van der Waals surface area (Å²) in [4.78, 5) is 15.4. The van der Waals surface area contributed by atoms with Gasteiger partial charge in [-0.1, -0.05) is 18.2 Å². The number of fused-ring (bicyclic) bond motifs is 3. The molecule has 2 N–H and O–H groups in total. The van der Waals surface area contributed by atoms with E-state index in [0.29, 0.717) is 34.2 Å². The summed E-state index contributed by atoms with van der Waals surface area (Å²) in [6.07, 6.45) is -0.133. The van der Waals surface area contributed by atoms with Gasteiger partial charge in [-0.15, -0.1) is 0 Å². The molecule has 2 saturated heterocycles. The predicted octanol–water partition coefficient (Wildman–Crippen LogP) is 4.60. The molecule has 5 rings (SSSR count). The van der Waals surface area contributed by atoms with Gasteiger partial charge in [-0.05, 0) is 68.1 Å². The Balaban J connectivity index is 1.38. The zero-order valence-electron chi connectivity index (χ0n) is 17.0. The first-order chi connectivity index (χ1) is 14.8. The Morgan fingerprint density at radius 3 is 2.35 bits per heavy atom. The van der Waals surface area contributed by atoms with E-state index < -0.39 is 11.7 Å². The van der Waals surface area contributed by atoms with E-state index in [2.05, 4.69) is 27.5 Å². The van der Waals surface area contributed by atoms with Crippen LogP contribution in [0.3, 0.4) is 0 Å². The van der Waals surface area contributed by atoms with Crippen molar-refractivity contribution in [1.82, 2.24) is 20.4 Å². The number of aromatic amines is 1. The summed E-state index contributed by atoms with van der Waals surface area (Å²) in [6.45, 7) is 0. The van der Waals surface area contributed by atoms with Crippen molar-refractivity contribution in [3.63, 3.8) is 0 Å².